The number of allylic oxidation sites excluding steroid dienone is 3. The van der Waals surface area contributed by atoms with Crippen molar-refractivity contribution in [1.82, 2.24) is 5.32 Å². The average Bonchev–Trinajstić information content (AvgIpc) is 2.92. The molecular formula is C30H33NO8. The van der Waals surface area contributed by atoms with Crippen LogP contribution < -0.4 is 14.8 Å². The van der Waals surface area contributed by atoms with Gasteiger partial charge >= 0.3 is 11.9 Å². The summed E-state index contributed by atoms with van der Waals surface area (Å²) in [5.41, 5.74) is 2.90. The van der Waals surface area contributed by atoms with E-state index < -0.39 is 35.5 Å². The Labute approximate surface area is 227 Å². The number of benzene rings is 2. The van der Waals surface area contributed by atoms with E-state index in [9.17, 15) is 19.5 Å². The van der Waals surface area contributed by atoms with Gasteiger partial charge in [0.25, 0.3) is 0 Å². The van der Waals surface area contributed by atoms with Gasteiger partial charge < -0.3 is 29.4 Å². The Balaban J connectivity index is 1.94. The van der Waals surface area contributed by atoms with Crippen molar-refractivity contribution in [3.8, 4) is 17.2 Å². The molecular weight excluding hydrogens is 502 g/mol. The lowest BCUT2D eigenvalue weighted by molar-refractivity contribution is -0.152. The highest BCUT2D eigenvalue weighted by atomic mass is 16.5. The van der Waals surface area contributed by atoms with Gasteiger partial charge in [-0.2, -0.15) is 0 Å². The lowest BCUT2D eigenvalue weighted by Gasteiger charge is -2.39. The first-order chi connectivity index (χ1) is 18.8. The van der Waals surface area contributed by atoms with Gasteiger partial charge in [-0.1, -0.05) is 24.3 Å². The molecule has 0 saturated heterocycles. The molecule has 1 aliphatic heterocycles. The van der Waals surface area contributed by atoms with Gasteiger partial charge in [0.2, 0.25) is 0 Å². The maximum atomic E-state index is 14.4. The number of esters is 2. The average molecular weight is 536 g/mol. The normalized spacial score (nSPS) is 20.6. The topological polar surface area (TPSA) is 120 Å². The number of ether oxygens (including phenoxy) is 4. The van der Waals surface area contributed by atoms with E-state index in [1.54, 1.807) is 46.1 Å². The van der Waals surface area contributed by atoms with Crippen LogP contribution in [0.15, 0.2) is 65.0 Å². The summed E-state index contributed by atoms with van der Waals surface area (Å²) in [5, 5.41) is 13.5. The third-order valence-corrected chi connectivity index (χ3v) is 7.13. The first-order valence-corrected chi connectivity index (χ1v) is 12.9. The second-order valence-corrected chi connectivity index (χ2v) is 9.29. The summed E-state index contributed by atoms with van der Waals surface area (Å²) < 4.78 is 21.6. The first-order valence-electron chi connectivity index (χ1n) is 12.9. The highest BCUT2D eigenvalue weighted by molar-refractivity contribution is 6.13. The molecule has 2 aromatic rings. The minimum Gasteiger partial charge on any atom is -0.504 e. The second kappa shape index (κ2) is 11.6. The van der Waals surface area contributed by atoms with Crippen LogP contribution in [0.3, 0.4) is 0 Å². The lowest BCUT2D eigenvalue weighted by atomic mass is 9.67. The van der Waals surface area contributed by atoms with Gasteiger partial charge in [-0.05, 0) is 56.5 Å². The highest BCUT2D eigenvalue weighted by Crippen LogP contribution is 2.50. The molecule has 2 aromatic carbocycles. The van der Waals surface area contributed by atoms with Crippen LogP contribution in [0.4, 0.5) is 0 Å². The molecule has 0 fully saturated rings. The molecule has 3 unspecified atom stereocenters. The number of phenols is 1. The van der Waals surface area contributed by atoms with E-state index in [1.807, 2.05) is 18.2 Å². The zero-order chi connectivity index (χ0) is 28.3. The molecule has 0 spiro atoms. The van der Waals surface area contributed by atoms with Crippen LogP contribution in [-0.4, -0.2) is 50.3 Å². The van der Waals surface area contributed by atoms with Gasteiger partial charge in [-0.3, -0.25) is 9.59 Å². The van der Waals surface area contributed by atoms with E-state index in [1.165, 1.54) is 13.2 Å². The molecule has 206 valence electrons. The largest absolute Gasteiger partial charge is 0.504 e. The third-order valence-electron chi connectivity index (χ3n) is 7.13. The molecule has 9 nitrogen and oxygen atoms in total. The predicted octanol–water partition coefficient (Wildman–Crippen LogP) is 4.12. The number of aromatic hydroxyl groups is 1. The number of methoxy groups -OCH3 is 2. The number of carbonyl (C=O) groups excluding carboxylic acids is 3. The molecule has 0 saturated carbocycles. The molecule has 0 radical (unpaired) electrons. The summed E-state index contributed by atoms with van der Waals surface area (Å²) in [6.07, 6.45) is 0.296. The molecule has 1 aliphatic carbocycles. The summed E-state index contributed by atoms with van der Waals surface area (Å²) >= 11 is 0. The molecule has 9 heteroatoms. The van der Waals surface area contributed by atoms with E-state index in [0.717, 1.165) is 0 Å². The number of dihydropyridines is 1. The molecule has 2 aliphatic rings. The van der Waals surface area contributed by atoms with Crippen LogP contribution in [-0.2, 0) is 23.9 Å². The van der Waals surface area contributed by atoms with Crippen LogP contribution in [0.1, 0.15) is 50.2 Å². The monoisotopic (exact) mass is 535 g/mol. The van der Waals surface area contributed by atoms with Gasteiger partial charge in [0, 0.05) is 28.8 Å². The minimum atomic E-state index is -1.16. The van der Waals surface area contributed by atoms with Crippen LogP contribution in [0.2, 0.25) is 0 Å². The van der Waals surface area contributed by atoms with E-state index in [-0.39, 0.29) is 35.9 Å². The van der Waals surface area contributed by atoms with Crippen molar-refractivity contribution < 1.29 is 38.4 Å². The Bertz CT molecular complexity index is 1360. The van der Waals surface area contributed by atoms with Gasteiger partial charge in [0.1, 0.15) is 11.7 Å². The molecule has 1 heterocycles. The summed E-state index contributed by atoms with van der Waals surface area (Å²) in [6.45, 7) is 5.39. The number of Topliss-reactive ketones (excluding diaryl/α,β-unsaturated/α-hetero) is 1. The van der Waals surface area contributed by atoms with Crippen molar-refractivity contribution in [2.45, 2.75) is 39.0 Å². The summed E-state index contributed by atoms with van der Waals surface area (Å²) in [6, 6.07) is 11.9. The van der Waals surface area contributed by atoms with Gasteiger partial charge in [0.15, 0.2) is 17.3 Å². The number of ketones is 1. The van der Waals surface area contributed by atoms with Crippen molar-refractivity contribution in [1.29, 1.82) is 0 Å². The van der Waals surface area contributed by atoms with E-state index in [2.05, 4.69) is 5.32 Å². The Morgan fingerprint density at radius 1 is 1.00 bits per heavy atom. The summed E-state index contributed by atoms with van der Waals surface area (Å²) in [7, 11) is 2.96. The zero-order valence-electron chi connectivity index (χ0n) is 22.7. The number of phenolic OH excluding ortho intramolecular Hbond substituents is 1. The number of nitrogens with one attached hydrogen (secondary N) is 1. The van der Waals surface area contributed by atoms with Gasteiger partial charge in [-0.15, -0.1) is 0 Å². The quantitative estimate of drug-likeness (QED) is 0.380. The Morgan fingerprint density at radius 2 is 1.69 bits per heavy atom. The van der Waals surface area contributed by atoms with Crippen LogP contribution in [0.25, 0.3) is 0 Å². The number of hydrogen-bond donors (Lipinski definition) is 2. The Morgan fingerprint density at radius 3 is 2.36 bits per heavy atom. The smallest absolute Gasteiger partial charge is 0.336 e. The third kappa shape index (κ3) is 5.08. The molecule has 0 aromatic heterocycles. The van der Waals surface area contributed by atoms with Crippen LogP contribution in [0, 0.1) is 5.92 Å². The number of carbonyl (C=O) groups is 3. The molecule has 3 atom stereocenters. The predicted molar refractivity (Wildman–Crippen MR) is 142 cm³/mol. The fourth-order valence-electron chi connectivity index (χ4n) is 5.49. The molecule has 0 amide bonds. The molecule has 2 N–H and O–H groups in total. The van der Waals surface area contributed by atoms with Crippen molar-refractivity contribution in [3.05, 3.63) is 76.1 Å². The van der Waals surface area contributed by atoms with Crippen molar-refractivity contribution in [2.24, 2.45) is 5.92 Å². The highest BCUT2D eigenvalue weighted by Gasteiger charge is 2.49. The summed E-state index contributed by atoms with van der Waals surface area (Å²) in [4.78, 5) is 41.0. The zero-order valence-corrected chi connectivity index (χ0v) is 22.7. The standard InChI is InChI=1S/C30H33NO8/c1-6-38-29(34)24-16(3)31-20-15-19(18-10-8-9-11-22(18)36-4)26(30(35)39-7-2)28(33)27(20)25(24)17-12-13-21(32)23(14-17)37-5/h8-14,19,25-26,31-32H,6-7,15H2,1-5H3. The first kappa shape index (κ1) is 27.8. The second-order valence-electron chi connectivity index (χ2n) is 9.29. The maximum absolute atomic E-state index is 14.4. The van der Waals surface area contributed by atoms with Gasteiger partial charge in [-0.25, -0.2) is 4.79 Å². The van der Waals surface area contributed by atoms with Crippen molar-refractivity contribution >= 4 is 17.7 Å². The Hall–Kier alpha value is -4.27. The van der Waals surface area contributed by atoms with E-state index in [0.29, 0.717) is 34.7 Å². The number of hydrogen-bond acceptors (Lipinski definition) is 9. The van der Waals surface area contributed by atoms with E-state index >= 15 is 0 Å². The Kier molecular flexibility index (Phi) is 8.28. The summed E-state index contributed by atoms with van der Waals surface area (Å²) in [5.74, 6) is -3.61. The fraction of sp³-hybridized carbons (Fsp3) is 0.367. The lowest BCUT2D eigenvalue weighted by Crippen LogP contribution is -2.43. The van der Waals surface area contributed by atoms with Crippen molar-refractivity contribution in [2.75, 3.05) is 27.4 Å². The SMILES string of the molecule is CCOC(=O)C1=C(C)NC2=C(C(=O)C(C(=O)OCC)C(c3ccccc3OC)C2)C1c1ccc(O)c(OC)c1. The number of rotatable bonds is 8. The van der Waals surface area contributed by atoms with Crippen LogP contribution >= 0.6 is 0 Å². The molecule has 39 heavy (non-hydrogen) atoms. The maximum Gasteiger partial charge on any atom is 0.336 e. The van der Waals surface area contributed by atoms with E-state index in [4.69, 9.17) is 18.9 Å². The minimum absolute atomic E-state index is 0.0848. The van der Waals surface area contributed by atoms with Gasteiger partial charge in [0.05, 0.1) is 33.0 Å². The molecule has 0 bridgehead atoms. The molecule has 4 rings (SSSR count). The fourth-order valence-corrected chi connectivity index (χ4v) is 5.49. The van der Waals surface area contributed by atoms with Crippen LogP contribution in [0.5, 0.6) is 17.2 Å². The van der Waals surface area contributed by atoms with Crippen molar-refractivity contribution in [3.63, 3.8) is 0 Å². The number of para-hydroxylation sites is 1.